The molecule has 2 amide bonds. The molecule has 144 valence electrons. The van der Waals surface area contributed by atoms with E-state index in [-0.39, 0.29) is 22.6 Å². The molecule has 1 aromatic rings. The number of nitrogens with zero attached hydrogens (tertiary/aromatic N) is 3. The number of aromatic nitrogens is 2. The van der Waals surface area contributed by atoms with Crippen molar-refractivity contribution in [2.24, 2.45) is 10.8 Å². The second kappa shape index (κ2) is 7.41. The summed E-state index contributed by atoms with van der Waals surface area (Å²) >= 11 is 0. The Kier molecular flexibility index (Phi) is 5.39. The Hall–Kier alpha value is -1.85. The number of carbonyl (C=O) groups is 2. The van der Waals surface area contributed by atoms with Crippen LogP contribution >= 0.6 is 0 Å². The molecule has 26 heavy (non-hydrogen) atoms. The molecule has 1 spiro atoms. The molecule has 3 heterocycles. The minimum atomic E-state index is 0.0142. The van der Waals surface area contributed by atoms with Crippen molar-refractivity contribution in [3.05, 3.63) is 18.2 Å². The molecule has 6 heteroatoms. The normalized spacial score (nSPS) is 24.3. The van der Waals surface area contributed by atoms with Crippen LogP contribution in [0.5, 0.6) is 0 Å². The van der Waals surface area contributed by atoms with Gasteiger partial charge in [0.25, 0.3) is 0 Å². The fourth-order valence-corrected chi connectivity index (χ4v) is 4.30. The van der Waals surface area contributed by atoms with Crippen molar-refractivity contribution in [2.45, 2.75) is 59.3 Å². The maximum absolute atomic E-state index is 12.7. The molecule has 6 nitrogen and oxygen atoms in total. The Morgan fingerprint density at radius 2 is 2.12 bits per heavy atom. The second-order valence-electron chi connectivity index (χ2n) is 9.30. The second-order valence-corrected chi connectivity index (χ2v) is 9.30. The lowest BCUT2D eigenvalue weighted by Gasteiger charge is -2.48. The van der Waals surface area contributed by atoms with Gasteiger partial charge in [0, 0.05) is 62.7 Å². The molecule has 2 saturated heterocycles. The van der Waals surface area contributed by atoms with Crippen LogP contribution in [0.1, 0.15) is 58.6 Å². The van der Waals surface area contributed by atoms with Crippen LogP contribution in [0.3, 0.4) is 0 Å². The highest BCUT2D eigenvalue weighted by Crippen LogP contribution is 2.39. The van der Waals surface area contributed by atoms with E-state index in [2.05, 4.69) is 35.6 Å². The Bertz CT molecular complexity index is 635. The molecule has 3 rings (SSSR count). The Morgan fingerprint density at radius 1 is 1.31 bits per heavy atom. The summed E-state index contributed by atoms with van der Waals surface area (Å²) in [6, 6.07) is 0. The number of amides is 2. The van der Waals surface area contributed by atoms with Crippen molar-refractivity contribution in [2.75, 3.05) is 26.2 Å². The number of rotatable bonds is 4. The SMILES string of the molecule is CC(C)(C)CC(=O)N1CCC[C@@]2(CCC(=O)N(CCc3cnc[nH]3)C2)C1. The first-order valence-electron chi connectivity index (χ1n) is 9.79. The minimum absolute atomic E-state index is 0.0142. The van der Waals surface area contributed by atoms with Crippen molar-refractivity contribution in [1.29, 1.82) is 0 Å². The van der Waals surface area contributed by atoms with Crippen molar-refractivity contribution in [1.82, 2.24) is 19.8 Å². The first-order valence-corrected chi connectivity index (χ1v) is 9.79. The van der Waals surface area contributed by atoms with Crippen LogP contribution in [-0.4, -0.2) is 57.8 Å². The maximum Gasteiger partial charge on any atom is 0.223 e. The number of carbonyl (C=O) groups excluding carboxylic acids is 2. The summed E-state index contributed by atoms with van der Waals surface area (Å²) in [5, 5.41) is 0. The number of hydrogen-bond donors (Lipinski definition) is 1. The third-order valence-electron chi connectivity index (χ3n) is 5.65. The van der Waals surface area contributed by atoms with Crippen LogP contribution in [0.25, 0.3) is 0 Å². The monoisotopic (exact) mass is 360 g/mol. The maximum atomic E-state index is 12.7. The van der Waals surface area contributed by atoms with Gasteiger partial charge in [0.05, 0.1) is 6.33 Å². The largest absolute Gasteiger partial charge is 0.348 e. The highest BCUT2D eigenvalue weighted by molar-refractivity contribution is 5.78. The number of piperidine rings is 2. The highest BCUT2D eigenvalue weighted by atomic mass is 16.2. The molecular formula is C20H32N4O2. The van der Waals surface area contributed by atoms with Crippen LogP contribution in [0, 0.1) is 10.8 Å². The van der Waals surface area contributed by atoms with E-state index < -0.39 is 0 Å². The third kappa shape index (κ3) is 4.65. The predicted octanol–water partition coefficient (Wildman–Crippen LogP) is 2.62. The van der Waals surface area contributed by atoms with Gasteiger partial charge in [-0.05, 0) is 24.7 Å². The zero-order valence-corrected chi connectivity index (χ0v) is 16.4. The number of nitrogens with one attached hydrogen (secondary N) is 1. The fourth-order valence-electron chi connectivity index (χ4n) is 4.30. The topological polar surface area (TPSA) is 69.3 Å². The molecule has 0 bridgehead atoms. The van der Waals surface area contributed by atoms with Gasteiger partial charge in [-0.2, -0.15) is 0 Å². The predicted molar refractivity (Wildman–Crippen MR) is 100 cm³/mol. The van der Waals surface area contributed by atoms with Gasteiger partial charge in [0.15, 0.2) is 0 Å². The fraction of sp³-hybridized carbons (Fsp3) is 0.750. The number of imidazole rings is 1. The summed E-state index contributed by atoms with van der Waals surface area (Å²) in [6.45, 7) is 9.50. The van der Waals surface area contributed by atoms with Gasteiger partial charge in [0.2, 0.25) is 11.8 Å². The van der Waals surface area contributed by atoms with Gasteiger partial charge in [-0.25, -0.2) is 4.98 Å². The summed E-state index contributed by atoms with van der Waals surface area (Å²) < 4.78 is 0. The molecule has 1 atom stereocenters. The minimum Gasteiger partial charge on any atom is -0.348 e. The lowest BCUT2D eigenvalue weighted by Crippen LogP contribution is -2.55. The van der Waals surface area contributed by atoms with E-state index in [1.807, 2.05) is 11.1 Å². The standard InChI is InChI=1S/C20H32N4O2/c1-19(2,3)11-18(26)23-9-4-7-20(13-23)8-5-17(25)24(14-20)10-6-16-12-21-15-22-16/h12,15H,4-11,13-14H2,1-3H3,(H,21,22)/t20-/m1/s1. The van der Waals surface area contributed by atoms with Gasteiger partial charge in [-0.3, -0.25) is 9.59 Å². The molecule has 2 aliphatic rings. The van der Waals surface area contributed by atoms with E-state index in [0.717, 1.165) is 57.6 Å². The number of H-pyrrole nitrogens is 1. The Labute approximate surface area is 156 Å². The van der Waals surface area contributed by atoms with Gasteiger partial charge in [-0.1, -0.05) is 20.8 Å². The molecule has 1 N–H and O–H groups in total. The van der Waals surface area contributed by atoms with E-state index in [9.17, 15) is 9.59 Å². The zero-order chi connectivity index (χ0) is 18.8. The van der Waals surface area contributed by atoms with Gasteiger partial charge < -0.3 is 14.8 Å². The molecule has 0 radical (unpaired) electrons. The molecule has 1 aromatic heterocycles. The van der Waals surface area contributed by atoms with E-state index >= 15 is 0 Å². The van der Waals surface area contributed by atoms with Crippen LogP contribution in [0.15, 0.2) is 12.5 Å². The summed E-state index contributed by atoms with van der Waals surface area (Å²) in [7, 11) is 0. The van der Waals surface area contributed by atoms with E-state index in [4.69, 9.17) is 0 Å². The summed E-state index contributed by atoms with van der Waals surface area (Å²) in [6.07, 6.45) is 8.54. The van der Waals surface area contributed by atoms with E-state index in [1.165, 1.54) is 0 Å². The zero-order valence-electron chi connectivity index (χ0n) is 16.4. The van der Waals surface area contributed by atoms with E-state index in [1.54, 1.807) is 6.33 Å². The first-order chi connectivity index (χ1) is 12.3. The molecule has 0 unspecified atom stereocenters. The molecule has 0 aliphatic carbocycles. The van der Waals surface area contributed by atoms with Gasteiger partial charge >= 0.3 is 0 Å². The Morgan fingerprint density at radius 3 is 2.81 bits per heavy atom. The smallest absolute Gasteiger partial charge is 0.223 e. The molecular weight excluding hydrogens is 328 g/mol. The summed E-state index contributed by atoms with van der Waals surface area (Å²) in [5.41, 5.74) is 1.15. The van der Waals surface area contributed by atoms with Crippen molar-refractivity contribution in [3.8, 4) is 0 Å². The Balaban J connectivity index is 1.62. The lowest BCUT2D eigenvalue weighted by atomic mass is 9.73. The molecule has 2 fully saturated rings. The van der Waals surface area contributed by atoms with Crippen molar-refractivity contribution < 1.29 is 9.59 Å². The molecule has 0 aromatic carbocycles. The number of likely N-dealkylation sites (tertiary alicyclic amines) is 2. The van der Waals surface area contributed by atoms with Gasteiger partial charge in [-0.15, -0.1) is 0 Å². The van der Waals surface area contributed by atoms with Crippen LogP contribution < -0.4 is 0 Å². The summed E-state index contributed by atoms with van der Waals surface area (Å²) in [4.78, 5) is 36.3. The summed E-state index contributed by atoms with van der Waals surface area (Å²) in [5.74, 6) is 0.505. The lowest BCUT2D eigenvalue weighted by molar-refractivity contribution is -0.143. The van der Waals surface area contributed by atoms with Crippen LogP contribution in [-0.2, 0) is 16.0 Å². The first kappa shape index (κ1) is 18.9. The van der Waals surface area contributed by atoms with Gasteiger partial charge in [0.1, 0.15) is 0 Å². The molecule has 2 aliphatic heterocycles. The third-order valence-corrected chi connectivity index (χ3v) is 5.65. The van der Waals surface area contributed by atoms with Crippen LogP contribution in [0.2, 0.25) is 0 Å². The molecule has 0 saturated carbocycles. The van der Waals surface area contributed by atoms with E-state index in [0.29, 0.717) is 12.8 Å². The number of hydrogen-bond acceptors (Lipinski definition) is 3. The highest BCUT2D eigenvalue weighted by Gasteiger charge is 2.42. The van der Waals surface area contributed by atoms with Crippen molar-refractivity contribution >= 4 is 11.8 Å². The number of aromatic amines is 1. The van der Waals surface area contributed by atoms with Crippen molar-refractivity contribution in [3.63, 3.8) is 0 Å². The average molecular weight is 361 g/mol. The average Bonchev–Trinajstić information content (AvgIpc) is 3.08. The van der Waals surface area contributed by atoms with Crippen LogP contribution in [0.4, 0.5) is 0 Å². The quantitative estimate of drug-likeness (QED) is 0.897.